The first-order valence-electron chi connectivity index (χ1n) is 5.94. The summed E-state index contributed by atoms with van der Waals surface area (Å²) in [5, 5.41) is 10.5. The molecule has 1 saturated heterocycles. The van der Waals surface area contributed by atoms with Crippen LogP contribution in [0.15, 0.2) is 16.9 Å². The van der Waals surface area contributed by atoms with Crippen molar-refractivity contribution in [2.75, 3.05) is 6.61 Å². The highest BCUT2D eigenvalue weighted by atomic mass is 16.5. The van der Waals surface area contributed by atoms with Gasteiger partial charge in [0.05, 0.1) is 12.6 Å². The monoisotopic (exact) mass is 237 g/mol. The van der Waals surface area contributed by atoms with Gasteiger partial charge >= 0.3 is 0 Å². The zero-order valence-corrected chi connectivity index (χ0v) is 10.6. The van der Waals surface area contributed by atoms with Gasteiger partial charge in [-0.3, -0.25) is 4.79 Å². The van der Waals surface area contributed by atoms with Gasteiger partial charge in [0, 0.05) is 36.5 Å². The summed E-state index contributed by atoms with van der Waals surface area (Å²) in [5.41, 5.74) is 0.939. The molecule has 1 aliphatic heterocycles. The minimum atomic E-state index is -0.829. The van der Waals surface area contributed by atoms with Crippen molar-refractivity contribution in [3.8, 4) is 0 Å². The van der Waals surface area contributed by atoms with Crippen LogP contribution in [0.25, 0.3) is 0 Å². The molecule has 2 atom stereocenters. The molecule has 1 aliphatic rings. The molecule has 4 nitrogen and oxygen atoms in total. The molecule has 2 unspecified atom stereocenters. The highest BCUT2D eigenvalue weighted by Gasteiger charge is 2.40. The predicted octanol–water partition coefficient (Wildman–Crippen LogP) is 1.01. The van der Waals surface area contributed by atoms with Gasteiger partial charge in [-0.25, -0.2) is 0 Å². The Morgan fingerprint density at radius 3 is 2.53 bits per heavy atom. The lowest BCUT2D eigenvalue weighted by Crippen LogP contribution is -2.41. The average Bonchev–Trinajstić information content (AvgIpc) is 2.54. The Bertz CT molecular complexity index is 454. The number of ether oxygens (including phenoxy) is 1. The molecule has 17 heavy (non-hydrogen) atoms. The second-order valence-corrected chi connectivity index (χ2v) is 4.93. The fourth-order valence-electron chi connectivity index (χ4n) is 2.39. The van der Waals surface area contributed by atoms with E-state index in [0.29, 0.717) is 19.6 Å². The van der Waals surface area contributed by atoms with Gasteiger partial charge in [0.15, 0.2) is 5.43 Å². The van der Waals surface area contributed by atoms with E-state index in [4.69, 9.17) is 4.74 Å². The summed E-state index contributed by atoms with van der Waals surface area (Å²) in [7, 11) is 0. The first-order valence-corrected chi connectivity index (χ1v) is 5.94. The quantitative estimate of drug-likeness (QED) is 0.835. The van der Waals surface area contributed by atoms with Crippen molar-refractivity contribution in [3.05, 3.63) is 33.7 Å². The summed E-state index contributed by atoms with van der Waals surface area (Å²) in [4.78, 5) is 11.3. The third-order valence-corrected chi connectivity index (χ3v) is 3.65. The largest absolute Gasteiger partial charge is 0.385 e. The fourth-order valence-corrected chi connectivity index (χ4v) is 2.39. The number of aromatic nitrogens is 1. The van der Waals surface area contributed by atoms with E-state index in [0.717, 1.165) is 11.4 Å². The standard InChI is InChI=1S/C13H19NO3/c1-9-6-12(15)7-10(2)14(9)8-13(16)4-5-17-11(13)3/h6-7,11,16H,4-5,8H2,1-3H3. The molecule has 1 aromatic rings. The molecule has 0 bridgehead atoms. The lowest BCUT2D eigenvalue weighted by atomic mass is 9.96. The van der Waals surface area contributed by atoms with Crippen molar-refractivity contribution >= 4 is 0 Å². The highest BCUT2D eigenvalue weighted by molar-refractivity contribution is 5.13. The van der Waals surface area contributed by atoms with Gasteiger partial charge in [-0.05, 0) is 20.8 Å². The molecular formula is C13H19NO3. The van der Waals surface area contributed by atoms with E-state index in [1.54, 1.807) is 12.1 Å². The lowest BCUT2D eigenvalue weighted by Gasteiger charge is -2.29. The second-order valence-electron chi connectivity index (χ2n) is 4.93. The third kappa shape index (κ3) is 2.28. The molecule has 0 amide bonds. The Morgan fingerprint density at radius 1 is 1.47 bits per heavy atom. The van der Waals surface area contributed by atoms with Crippen LogP contribution in [0.3, 0.4) is 0 Å². The Kier molecular flexibility index (Phi) is 3.10. The van der Waals surface area contributed by atoms with Crippen molar-refractivity contribution in [3.63, 3.8) is 0 Å². The van der Waals surface area contributed by atoms with Gasteiger partial charge in [0.1, 0.15) is 5.60 Å². The molecule has 0 radical (unpaired) electrons. The summed E-state index contributed by atoms with van der Waals surface area (Å²) in [6.45, 7) is 6.73. The maximum Gasteiger partial charge on any atom is 0.182 e. The summed E-state index contributed by atoms with van der Waals surface area (Å²) in [6.07, 6.45) is 0.472. The second kappa shape index (κ2) is 4.27. The van der Waals surface area contributed by atoms with E-state index in [2.05, 4.69) is 0 Å². The van der Waals surface area contributed by atoms with Gasteiger partial charge in [-0.2, -0.15) is 0 Å². The van der Waals surface area contributed by atoms with E-state index in [1.807, 2.05) is 25.3 Å². The van der Waals surface area contributed by atoms with Crippen LogP contribution in [0, 0.1) is 13.8 Å². The molecule has 2 heterocycles. The molecule has 94 valence electrons. The van der Waals surface area contributed by atoms with Crippen LogP contribution < -0.4 is 5.43 Å². The van der Waals surface area contributed by atoms with E-state index < -0.39 is 5.60 Å². The van der Waals surface area contributed by atoms with Crippen LogP contribution in [-0.4, -0.2) is 28.0 Å². The number of nitrogens with zero attached hydrogens (tertiary/aromatic N) is 1. The lowest BCUT2D eigenvalue weighted by molar-refractivity contribution is -0.0395. The SMILES string of the molecule is Cc1cc(=O)cc(C)n1CC1(O)CCOC1C. The molecule has 0 saturated carbocycles. The zero-order chi connectivity index (χ0) is 12.6. The summed E-state index contributed by atoms with van der Waals surface area (Å²) < 4.78 is 7.40. The first kappa shape index (κ1) is 12.3. The highest BCUT2D eigenvalue weighted by Crippen LogP contribution is 2.28. The average molecular weight is 237 g/mol. The smallest absolute Gasteiger partial charge is 0.182 e. The normalized spacial score (nSPS) is 28.6. The molecule has 0 spiro atoms. The molecule has 0 aliphatic carbocycles. The zero-order valence-electron chi connectivity index (χ0n) is 10.6. The summed E-state index contributed by atoms with van der Waals surface area (Å²) in [6, 6.07) is 3.19. The number of rotatable bonds is 2. The van der Waals surface area contributed by atoms with E-state index in [-0.39, 0.29) is 11.5 Å². The van der Waals surface area contributed by atoms with Crippen LogP contribution in [-0.2, 0) is 11.3 Å². The van der Waals surface area contributed by atoms with Crippen molar-refractivity contribution in [1.29, 1.82) is 0 Å². The van der Waals surface area contributed by atoms with Crippen LogP contribution in [0.5, 0.6) is 0 Å². The number of pyridine rings is 1. The Hall–Kier alpha value is -1.13. The molecular weight excluding hydrogens is 218 g/mol. The van der Waals surface area contributed by atoms with Crippen molar-refractivity contribution in [2.24, 2.45) is 0 Å². The predicted molar refractivity (Wildman–Crippen MR) is 65.2 cm³/mol. The van der Waals surface area contributed by atoms with Gasteiger partial charge in [-0.1, -0.05) is 0 Å². The molecule has 1 aromatic heterocycles. The maximum absolute atomic E-state index is 11.3. The Balaban J connectivity index is 2.33. The van der Waals surface area contributed by atoms with E-state index >= 15 is 0 Å². The topological polar surface area (TPSA) is 51.5 Å². The number of aliphatic hydroxyl groups is 1. The maximum atomic E-state index is 11.3. The fraction of sp³-hybridized carbons (Fsp3) is 0.615. The van der Waals surface area contributed by atoms with Crippen molar-refractivity contribution in [1.82, 2.24) is 4.57 Å². The summed E-state index contributed by atoms with van der Waals surface area (Å²) >= 11 is 0. The molecule has 2 rings (SSSR count). The summed E-state index contributed by atoms with van der Waals surface area (Å²) in [5.74, 6) is 0. The van der Waals surface area contributed by atoms with E-state index in [1.165, 1.54) is 0 Å². The van der Waals surface area contributed by atoms with Crippen LogP contribution >= 0.6 is 0 Å². The molecule has 1 fully saturated rings. The first-order chi connectivity index (χ1) is 7.92. The minimum Gasteiger partial charge on any atom is -0.385 e. The van der Waals surface area contributed by atoms with Crippen LogP contribution in [0.2, 0.25) is 0 Å². The van der Waals surface area contributed by atoms with Gasteiger partial charge in [0.2, 0.25) is 0 Å². The minimum absolute atomic E-state index is 0.0129. The number of hydrogen-bond acceptors (Lipinski definition) is 3. The van der Waals surface area contributed by atoms with Crippen molar-refractivity contribution < 1.29 is 9.84 Å². The third-order valence-electron chi connectivity index (χ3n) is 3.65. The molecule has 4 heteroatoms. The number of aryl methyl sites for hydroxylation is 2. The van der Waals surface area contributed by atoms with Crippen LogP contribution in [0.4, 0.5) is 0 Å². The Morgan fingerprint density at radius 2 is 2.06 bits per heavy atom. The van der Waals surface area contributed by atoms with Crippen molar-refractivity contribution in [2.45, 2.75) is 45.4 Å². The van der Waals surface area contributed by atoms with Crippen LogP contribution in [0.1, 0.15) is 24.7 Å². The van der Waals surface area contributed by atoms with E-state index in [9.17, 15) is 9.90 Å². The Labute approximate surface area is 101 Å². The molecule has 1 N–H and O–H groups in total. The van der Waals surface area contributed by atoms with Gasteiger partial charge in [-0.15, -0.1) is 0 Å². The van der Waals surface area contributed by atoms with Gasteiger partial charge < -0.3 is 14.4 Å². The number of hydrogen-bond donors (Lipinski definition) is 1. The molecule has 0 aromatic carbocycles. The van der Waals surface area contributed by atoms with Gasteiger partial charge in [0.25, 0.3) is 0 Å².